The minimum Gasteiger partial charge on any atom is -0.508 e. The summed E-state index contributed by atoms with van der Waals surface area (Å²) in [6.07, 6.45) is 0. The van der Waals surface area contributed by atoms with E-state index in [0.717, 1.165) is 8.66 Å². The molecule has 1 atom stereocenters. The van der Waals surface area contributed by atoms with E-state index in [-0.39, 0.29) is 11.8 Å². The molecule has 0 bridgehead atoms. The van der Waals surface area contributed by atoms with E-state index in [1.54, 1.807) is 35.6 Å². The highest BCUT2D eigenvalue weighted by molar-refractivity contribution is 9.11. The smallest absolute Gasteiger partial charge is 0.123 e. The molecule has 2 aromatic rings. The maximum Gasteiger partial charge on any atom is 0.123 e. The van der Waals surface area contributed by atoms with Crippen molar-refractivity contribution in [3.05, 3.63) is 45.1 Å². The summed E-state index contributed by atoms with van der Waals surface area (Å²) in [5, 5.41) is 9.28. The second-order valence-corrected chi connectivity index (χ2v) is 6.05. The van der Waals surface area contributed by atoms with E-state index in [0.29, 0.717) is 12.4 Å². The number of thiophene rings is 1. The number of benzene rings is 1. The fourth-order valence-corrected chi connectivity index (χ4v) is 2.78. The van der Waals surface area contributed by atoms with Gasteiger partial charge in [-0.1, -0.05) is 6.07 Å². The van der Waals surface area contributed by atoms with E-state index in [2.05, 4.69) is 15.9 Å². The normalized spacial score (nSPS) is 12.4. The van der Waals surface area contributed by atoms with Crippen molar-refractivity contribution in [1.82, 2.24) is 0 Å². The number of hydrogen-bond acceptors (Lipinski definition) is 4. The summed E-state index contributed by atoms with van der Waals surface area (Å²) in [6.45, 7) is 0.385. The van der Waals surface area contributed by atoms with E-state index < -0.39 is 0 Å². The molecule has 0 amide bonds. The summed E-state index contributed by atoms with van der Waals surface area (Å²) >= 11 is 4.99. The first kappa shape index (κ1) is 12.4. The largest absolute Gasteiger partial charge is 0.508 e. The Morgan fingerprint density at radius 1 is 1.35 bits per heavy atom. The molecule has 0 aliphatic heterocycles. The summed E-state index contributed by atoms with van der Waals surface area (Å²) in [4.78, 5) is 1.07. The highest BCUT2D eigenvalue weighted by Gasteiger charge is 2.09. The molecule has 0 spiro atoms. The van der Waals surface area contributed by atoms with E-state index in [4.69, 9.17) is 10.5 Å². The average Bonchev–Trinajstić information content (AvgIpc) is 2.73. The van der Waals surface area contributed by atoms with Gasteiger partial charge in [0.05, 0.1) is 9.83 Å². The second kappa shape index (κ2) is 5.53. The molecule has 0 aliphatic rings. The molecule has 90 valence electrons. The van der Waals surface area contributed by atoms with Gasteiger partial charge in [-0.2, -0.15) is 0 Å². The molecule has 5 heteroatoms. The van der Waals surface area contributed by atoms with Gasteiger partial charge in [-0.3, -0.25) is 0 Å². The average molecular weight is 314 g/mol. The molecule has 0 radical (unpaired) electrons. The minimum absolute atomic E-state index is 0.159. The molecule has 3 N–H and O–H groups in total. The second-order valence-electron chi connectivity index (χ2n) is 3.56. The Hall–Kier alpha value is -1.04. The zero-order valence-electron chi connectivity index (χ0n) is 8.97. The Bertz CT molecular complexity index is 501. The number of ether oxygens (including phenoxy) is 1. The summed E-state index contributed by atoms with van der Waals surface area (Å²) in [6, 6.07) is 10.5. The zero-order valence-corrected chi connectivity index (χ0v) is 11.4. The van der Waals surface area contributed by atoms with Gasteiger partial charge in [0.25, 0.3) is 0 Å². The van der Waals surface area contributed by atoms with Crippen LogP contribution in [0, 0.1) is 0 Å². The zero-order chi connectivity index (χ0) is 12.3. The van der Waals surface area contributed by atoms with Crippen LogP contribution in [0.1, 0.15) is 10.9 Å². The first-order chi connectivity index (χ1) is 8.15. The lowest BCUT2D eigenvalue weighted by molar-refractivity contribution is 0.291. The third kappa shape index (κ3) is 3.46. The SMILES string of the molecule is NC(COc1cccc(O)c1)c1ccc(Br)s1. The van der Waals surface area contributed by atoms with Gasteiger partial charge in [0.2, 0.25) is 0 Å². The van der Waals surface area contributed by atoms with Crippen molar-refractivity contribution in [2.45, 2.75) is 6.04 Å². The standard InChI is InChI=1S/C12H12BrNO2S/c13-12-5-4-11(17-12)10(14)7-16-9-3-1-2-8(15)6-9/h1-6,10,15H,7,14H2. The Kier molecular flexibility index (Phi) is 4.04. The number of phenols is 1. The van der Waals surface area contributed by atoms with Crippen LogP contribution in [0.25, 0.3) is 0 Å². The predicted molar refractivity (Wildman–Crippen MR) is 72.5 cm³/mol. The van der Waals surface area contributed by atoms with Crippen LogP contribution in [0.4, 0.5) is 0 Å². The molecule has 0 saturated heterocycles. The van der Waals surface area contributed by atoms with Crippen LogP contribution in [0.5, 0.6) is 11.5 Å². The highest BCUT2D eigenvalue weighted by atomic mass is 79.9. The lowest BCUT2D eigenvalue weighted by Crippen LogP contribution is -2.17. The van der Waals surface area contributed by atoms with Crippen molar-refractivity contribution in [1.29, 1.82) is 0 Å². The molecule has 1 heterocycles. The Labute approximate surface area is 112 Å². The molecular weight excluding hydrogens is 302 g/mol. The quantitative estimate of drug-likeness (QED) is 0.910. The van der Waals surface area contributed by atoms with Crippen LogP contribution in [-0.2, 0) is 0 Å². The van der Waals surface area contributed by atoms with Crippen molar-refractivity contribution >= 4 is 27.3 Å². The lowest BCUT2D eigenvalue weighted by Gasteiger charge is -2.11. The van der Waals surface area contributed by atoms with Crippen molar-refractivity contribution < 1.29 is 9.84 Å². The third-order valence-electron chi connectivity index (χ3n) is 2.21. The number of halogens is 1. The Balaban J connectivity index is 1.94. The number of rotatable bonds is 4. The summed E-state index contributed by atoms with van der Waals surface area (Å²) in [5.74, 6) is 0.811. The number of hydrogen-bond donors (Lipinski definition) is 2. The van der Waals surface area contributed by atoms with Crippen molar-refractivity contribution in [2.24, 2.45) is 5.73 Å². The third-order valence-corrected chi connectivity index (χ3v) is 3.96. The first-order valence-corrected chi connectivity index (χ1v) is 6.69. The summed E-state index contributed by atoms with van der Waals surface area (Å²) < 4.78 is 6.57. The lowest BCUT2D eigenvalue weighted by atomic mass is 10.3. The van der Waals surface area contributed by atoms with Gasteiger partial charge in [-0.15, -0.1) is 11.3 Å². The van der Waals surface area contributed by atoms with Crippen molar-refractivity contribution in [2.75, 3.05) is 6.61 Å². The molecular formula is C12H12BrNO2S. The van der Waals surface area contributed by atoms with Crippen LogP contribution in [0.15, 0.2) is 40.2 Å². The van der Waals surface area contributed by atoms with Crippen LogP contribution in [0.3, 0.4) is 0 Å². The van der Waals surface area contributed by atoms with Crippen LogP contribution in [-0.4, -0.2) is 11.7 Å². The Morgan fingerprint density at radius 2 is 2.18 bits per heavy atom. The minimum atomic E-state index is -0.159. The van der Waals surface area contributed by atoms with Gasteiger partial charge in [0.15, 0.2) is 0 Å². The molecule has 0 aliphatic carbocycles. The number of nitrogens with two attached hydrogens (primary N) is 1. The van der Waals surface area contributed by atoms with Crippen LogP contribution >= 0.6 is 27.3 Å². The van der Waals surface area contributed by atoms with Gasteiger partial charge in [-0.25, -0.2) is 0 Å². The number of aromatic hydroxyl groups is 1. The summed E-state index contributed by atoms with van der Waals surface area (Å²) in [7, 11) is 0. The van der Waals surface area contributed by atoms with Crippen LogP contribution < -0.4 is 10.5 Å². The Morgan fingerprint density at radius 3 is 2.82 bits per heavy atom. The summed E-state index contributed by atoms with van der Waals surface area (Å²) in [5.41, 5.74) is 6.00. The molecule has 1 unspecified atom stereocenters. The molecule has 2 rings (SSSR count). The van der Waals surface area contributed by atoms with Crippen molar-refractivity contribution in [3.63, 3.8) is 0 Å². The van der Waals surface area contributed by atoms with Gasteiger partial charge < -0.3 is 15.6 Å². The first-order valence-electron chi connectivity index (χ1n) is 5.08. The van der Waals surface area contributed by atoms with Gasteiger partial charge >= 0.3 is 0 Å². The monoisotopic (exact) mass is 313 g/mol. The fraction of sp³-hybridized carbons (Fsp3) is 0.167. The van der Waals surface area contributed by atoms with Crippen molar-refractivity contribution in [3.8, 4) is 11.5 Å². The van der Waals surface area contributed by atoms with Crippen LogP contribution in [0.2, 0.25) is 0 Å². The maximum absolute atomic E-state index is 9.28. The molecule has 3 nitrogen and oxygen atoms in total. The van der Waals surface area contributed by atoms with E-state index in [9.17, 15) is 5.11 Å². The molecule has 0 saturated carbocycles. The molecule has 1 aromatic heterocycles. The van der Waals surface area contributed by atoms with E-state index >= 15 is 0 Å². The molecule has 17 heavy (non-hydrogen) atoms. The molecule has 0 fully saturated rings. The predicted octanol–water partition coefficient (Wildman–Crippen LogP) is 3.30. The van der Waals surface area contributed by atoms with Gasteiger partial charge in [0, 0.05) is 10.9 Å². The van der Waals surface area contributed by atoms with Gasteiger partial charge in [-0.05, 0) is 40.2 Å². The topological polar surface area (TPSA) is 55.5 Å². The molecule has 1 aromatic carbocycles. The fourth-order valence-electron chi connectivity index (χ4n) is 1.37. The van der Waals surface area contributed by atoms with E-state index in [1.165, 1.54) is 0 Å². The van der Waals surface area contributed by atoms with Gasteiger partial charge in [0.1, 0.15) is 18.1 Å². The van der Waals surface area contributed by atoms with E-state index in [1.807, 2.05) is 12.1 Å². The maximum atomic E-state index is 9.28. The number of phenolic OH excluding ortho intramolecular Hbond substituents is 1. The highest BCUT2D eigenvalue weighted by Crippen LogP contribution is 2.27.